The van der Waals surface area contributed by atoms with E-state index in [2.05, 4.69) is 30.9 Å². The summed E-state index contributed by atoms with van der Waals surface area (Å²) in [6.07, 6.45) is 4.08. The third kappa shape index (κ3) is 3.93. The van der Waals surface area contributed by atoms with Gasteiger partial charge in [-0.3, -0.25) is 4.79 Å². The van der Waals surface area contributed by atoms with Crippen LogP contribution in [0.1, 0.15) is 19.3 Å². The molecular formula is C12H21BrN2O2. The first kappa shape index (κ1) is 13.3. The molecule has 1 heterocycles. The monoisotopic (exact) mass is 304 g/mol. The Bertz CT molecular complexity index is 271. The van der Waals surface area contributed by atoms with Gasteiger partial charge in [-0.05, 0) is 38.3 Å². The van der Waals surface area contributed by atoms with E-state index in [4.69, 9.17) is 0 Å². The van der Waals surface area contributed by atoms with Gasteiger partial charge in [-0.15, -0.1) is 0 Å². The molecule has 2 atom stereocenters. The Labute approximate surface area is 111 Å². The van der Waals surface area contributed by atoms with Gasteiger partial charge in [0, 0.05) is 19.1 Å². The molecule has 4 nitrogen and oxygen atoms in total. The van der Waals surface area contributed by atoms with Crippen molar-refractivity contribution in [2.75, 3.05) is 33.3 Å². The third-order valence-electron chi connectivity index (χ3n) is 3.59. The number of halogens is 1. The number of hydrogen-bond donors (Lipinski definition) is 1. The van der Waals surface area contributed by atoms with E-state index in [0.717, 1.165) is 18.5 Å². The Morgan fingerprint density at radius 2 is 2.29 bits per heavy atom. The minimum Gasteiger partial charge on any atom is -0.468 e. The molecule has 17 heavy (non-hydrogen) atoms. The van der Waals surface area contributed by atoms with E-state index >= 15 is 0 Å². The molecule has 2 unspecified atom stereocenters. The summed E-state index contributed by atoms with van der Waals surface area (Å²) in [4.78, 5) is 13.6. The molecule has 2 rings (SSSR count). The molecule has 1 saturated heterocycles. The largest absolute Gasteiger partial charge is 0.468 e. The second kappa shape index (κ2) is 6.16. The van der Waals surface area contributed by atoms with Gasteiger partial charge >= 0.3 is 5.97 Å². The molecule has 1 aliphatic carbocycles. The Balaban J connectivity index is 1.58. The average molecular weight is 305 g/mol. The molecule has 0 spiro atoms. The second-order valence-electron chi connectivity index (χ2n) is 5.03. The molecule has 0 radical (unpaired) electrons. The lowest BCUT2D eigenvalue weighted by atomic mass is 10.1. The van der Waals surface area contributed by atoms with Gasteiger partial charge in [0.1, 0.15) is 4.83 Å². The summed E-state index contributed by atoms with van der Waals surface area (Å²) in [5, 5.41) is 3.35. The Hall–Kier alpha value is -0.130. The number of methoxy groups -OCH3 is 1. The summed E-state index contributed by atoms with van der Waals surface area (Å²) in [7, 11) is 1.42. The summed E-state index contributed by atoms with van der Waals surface area (Å²) < 4.78 is 4.66. The fourth-order valence-corrected chi connectivity index (χ4v) is 2.84. The minimum atomic E-state index is -0.228. The van der Waals surface area contributed by atoms with Crippen molar-refractivity contribution in [3.63, 3.8) is 0 Å². The van der Waals surface area contributed by atoms with Crippen molar-refractivity contribution < 1.29 is 9.53 Å². The number of carbonyl (C=O) groups excluding carboxylic acids is 1. The number of carbonyl (C=O) groups is 1. The number of likely N-dealkylation sites (tertiary alicyclic amines) is 1. The first-order chi connectivity index (χ1) is 8.20. The highest BCUT2D eigenvalue weighted by atomic mass is 79.9. The molecule has 2 aliphatic rings. The highest BCUT2D eigenvalue weighted by Crippen LogP contribution is 2.31. The summed E-state index contributed by atoms with van der Waals surface area (Å²) in [6.45, 7) is 4.13. The zero-order chi connectivity index (χ0) is 12.3. The van der Waals surface area contributed by atoms with Crippen LogP contribution < -0.4 is 5.32 Å². The summed E-state index contributed by atoms with van der Waals surface area (Å²) in [5.74, 6) is 0.538. The van der Waals surface area contributed by atoms with E-state index < -0.39 is 0 Å². The maximum Gasteiger partial charge on any atom is 0.320 e. The smallest absolute Gasteiger partial charge is 0.320 e. The van der Waals surface area contributed by atoms with Crippen LogP contribution in [-0.2, 0) is 9.53 Å². The zero-order valence-electron chi connectivity index (χ0n) is 10.3. The number of hydrogen-bond acceptors (Lipinski definition) is 4. The van der Waals surface area contributed by atoms with E-state index in [0.29, 0.717) is 6.54 Å². The lowest BCUT2D eigenvalue weighted by Crippen LogP contribution is -2.34. The van der Waals surface area contributed by atoms with Crippen molar-refractivity contribution in [1.82, 2.24) is 10.2 Å². The maximum atomic E-state index is 11.2. The Kier molecular flexibility index (Phi) is 4.82. The van der Waals surface area contributed by atoms with Crippen molar-refractivity contribution in [3.05, 3.63) is 0 Å². The topological polar surface area (TPSA) is 41.6 Å². The number of ether oxygens (including phenoxy) is 1. The SMILES string of the molecule is COC(=O)C(Br)CNCC1CCN(C2CC2)C1. The minimum absolute atomic E-state index is 0.205. The third-order valence-corrected chi connectivity index (χ3v) is 4.29. The lowest BCUT2D eigenvalue weighted by molar-refractivity contribution is -0.139. The normalized spacial score (nSPS) is 27.1. The second-order valence-corrected chi connectivity index (χ2v) is 6.14. The summed E-state index contributed by atoms with van der Waals surface area (Å²) in [5.41, 5.74) is 0. The molecule has 0 aromatic heterocycles. The maximum absolute atomic E-state index is 11.2. The quantitative estimate of drug-likeness (QED) is 0.587. The average Bonchev–Trinajstić information content (AvgIpc) is 3.08. The molecule has 0 aromatic rings. The van der Waals surface area contributed by atoms with Crippen LogP contribution in [0, 0.1) is 5.92 Å². The highest BCUT2D eigenvalue weighted by molar-refractivity contribution is 9.10. The van der Waals surface area contributed by atoms with Gasteiger partial charge in [-0.25, -0.2) is 0 Å². The van der Waals surface area contributed by atoms with E-state index in [1.807, 2.05) is 0 Å². The number of alkyl halides is 1. The fraction of sp³-hybridized carbons (Fsp3) is 0.917. The van der Waals surface area contributed by atoms with Crippen LogP contribution in [-0.4, -0.2) is 55.0 Å². The number of rotatable bonds is 6. The van der Waals surface area contributed by atoms with Gasteiger partial charge in [0.05, 0.1) is 7.11 Å². The first-order valence-electron chi connectivity index (χ1n) is 6.37. The van der Waals surface area contributed by atoms with E-state index in [1.54, 1.807) is 0 Å². The van der Waals surface area contributed by atoms with Crippen LogP contribution in [0.3, 0.4) is 0 Å². The van der Waals surface area contributed by atoms with Crippen molar-refractivity contribution in [2.45, 2.75) is 30.1 Å². The fourth-order valence-electron chi connectivity index (χ4n) is 2.43. The van der Waals surface area contributed by atoms with Crippen molar-refractivity contribution in [1.29, 1.82) is 0 Å². The zero-order valence-corrected chi connectivity index (χ0v) is 11.9. The molecule has 0 bridgehead atoms. The van der Waals surface area contributed by atoms with Crippen LogP contribution in [0.2, 0.25) is 0 Å². The van der Waals surface area contributed by atoms with Crippen molar-refractivity contribution in [2.24, 2.45) is 5.92 Å². The molecule has 0 aromatic carbocycles. The first-order valence-corrected chi connectivity index (χ1v) is 7.29. The van der Waals surface area contributed by atoms with Crippen LogP contribution in [0.4, 0.5) is 0 Å². The highest BCUT2D eigenvalue weighted by Gasteiger charge is 2.34. The molecule has 0 amide bonds. The van der Waals surface area contributed by atoms with E-state index in [-0.39, 0.29) is 10.8 Å². The van der Waals surface area contributed by atoms with Gasteiger partial charge in [0.25, 0.3) is 0 Å². The predicted molar refractivity (Wildman–Crippen MR) is 70.3 cm³/mol. The predicted octanol–water partition coefficient (Wildman–Crippen LogP) is 0.997. The molecule has 1 N–H and O–H groups in total. The molecular weight excluding hydrogens is 284 g/mol. The van der Waals surface area contributed by atoms with Gasteiger partial charge in [-0.1, -0.05) is 15.9 Å². The number of esters is 1. The van der Waals surface area contributed by atoms with Crippen molar-refractivity contribution >= 4 is 21.9 Å². The molecule has 1 saturated carbocycles. The van der Waals surface area contributed by atoms with Crippen molar-refractivity contribution in [3.8, 4) is 0 Å². The molecule has 98 valence electrons. The Morgan fingerprint density at radius 1 is 1.53 bits per heavy atom. The molecule has 2 fully saturated rings. The van der Waals surface area contributed by atoms with Gasteiger partial charge in [-0.2, -0.15) is 0 Å². The van der Waals surface area contributed by atoms with Gasteiger partial charge in [0.2, 0.25) is 0 Å². The standard InChI is InChI=1S/C12H21BrN2O2/c1-17-12(16)11(13)7-14-6-9-4-5-15(8-9)10-2-3-10/h9-11,14H,2-8H2,1H3. The van der Waals surface area contributed by atoms with E-state index in [1.165, 1.54) is 39.5 Å². The van der Waals surface area contributed by atoms with Gasteiger partial charge in [0.15, 0.2) is 0 Å². The van der Waals surface area contributed by atoms with E-state index in [9.17, 15) is 4.79 Å². The molecule has 1 aliphatic heterocycles. The van der Waals surface area contributed by atoms with Gasteiger partial charge < -0.3 is 15.0 Å². The van der Waals surface area contributed by atoms with Crippen LogP contribution in [0.25, 0.3) is 0 Å². The van der Waals surface area contributed by atoms with Crippen LogP contribution in [0.15, 0.2) is 0 Å². The summed E-state index contributed by atoms with van der Waals surface area (Å²) in [6, 6.07) is 0.888. The number of nitrogens with one attached hydrogen (secondary N) is 1. The summed E-state index contributed by atoms with van der Waals surface area (Å²) >= 11 is 3.31. The Morgan fingerprint density at radius 3 is 2.94 bits per heavy atom. The molecule has 5 heteroatoms. The van der Waals surface area contributed by atoms with Crippen LogP contribution in [0.5, 0.6) is 0 Å². The number of nitrogens with zero attached hydrogens (tertiary/aromatic N) is 1. The lowest BCUT2D eigenvalue weighted by Gasteiger charge is -2.15. The van der Waals surface area contributed by atoms with Crippen LogP contribution >= 0.6 is 15.9 Å².